The smallest absolute Gasteiger partial charge is 0.123 e. The van der Waals surface area contributed by atoms with Crippen molar-refractivity contribution >= 4 is 0 Å². The van der Waals surface area contributed by atoms with Crippen molar-refractivity contribution in [1.82, 2.24) is 0 Å². The van der Waals surface area contributed by atoms with Crippen LogP contribution >= 0.6 is 0 Å². The Morgan fingerprint density at radius 1 is 1.07 bits per heavy atom. The van der Waals surface area contributed by atoms with Gasteiger partial charge in [-0.1, -0.05) is 45.9 Å². The molecule has 0 radical (unpaired) electrons. The molecule has 0 aliphatic carbocycles. The lowest BCUT2D eigenvalue weighted by Crippen LogP contribution is -2.44. The molecule has 1 aromatic rings. The van der Waals surface area contributed by atoms with E-state index in [4.69, 9.17) is 4.74 Å². The largest absolute Gasteiger partial charge is 0.493 e. The molecule has 0 N–H and O–H groups in total. The second-order valence-electron chi connectivity index (χ2n) is 5.29. The van der Waals surface area contributed by atoms with Gasteiger partial charge in [0.05, 0.1) is 6.61 Å². The van der Waals surface area contributed by atoms with Crippen molar-refractivity contribution in [1.29, 1.82) is 0 Å². The van der Waals surface area contributed by atoms with Gasteiger partial charge in [0.15, 0.2) is 0 Å². The number of fused-ring (bicyclic) bond motifs is 1. The maximum atomic E-state index is 5.77. The lowest BCUT2D eigenvalue weighted by molar-refractivity contribution is 0.0736. The SMILES string of the molecule is CC1(C)COc2ccccc2C1(C)C. The molecule has 1 aliphatic heterocycles. The zero-order valence-electron chi connectivity index (χ0n) is 9.42. The van der Waals surface area contributed by atoms with Crippen molar-refractivity contribution in [3.63, 3.8) is 0 Å². The Hall–Kier alpha value is -0.980. The van der Waals surface area contributed by atoms with E-state index in [1.807, 2.05) is 6.07 Å². The van der Waals surface area contributed by atoms with Crippen LogP contribution in [0.5, 0.6) is 5.75 Å². The fourth-order valence-electron chi connectivity index (χ4n) is 1.91. The highest BCUT2D eigenvalue weighted by molar-refractivity contribution is 5.42. The van der Waals surface area contributed by atoms with E-state index >= 15 is 0 Å². The van der Waals surface area contributed by atoms with Crippen LogP contribution in [0.3, 0.4) is 0 Å². The fraction of sp³-hybridized carbons (Fsp3) is 0.538. The van der Waals surface area contributed by atoms with Crippen LogP contribution in [0.15, 0.2) is 24.3 Å². The van der Waals surface area contributed by atoms with Gasteiger partial charge in [0.2, 0.25) is 0 Å². The Morgan fingerprint density at radius 2 is 1.71 bits per heavy atom. The van der Waals surface area contributed by atoms with E-state index in [-0.39, 0.29) is 10.8 Å². The van der Waals surface area contributed by atoms with Gasteiger partial charge < -0.3 is 4.74 Å². The number of benzene rings is 1. The standard InChI is InChI=1S/C13H18O/c1-12(2)9-14-11-8-6-5-7-10(11)13(12,3)4/h5-8H,9H2,1-4H3. The normalized spacial score (nSPS) is 22.3. The van der Waals surface area contributed by atoms with Crippen molar-refractivity contribution in [3.8, 4) is 5.75 Å². The van der Waals surface area contributed by atoms with Crippen LogP contribution in [0.25, 0.3) is 0 Å². The van der Waals surface area contributed by atoms with Crippen LogP contribution in [-0.2, 0) is 5.41 Å². The third kappa shape index (κ3) is 1.15. The van der Waals surface area contributed by atoms with Gasteiger partial charge in [-0.25, -0.2) is 0 Å². The zero-order chi connectivity index (χ0) is 10.4. The molecule has 1 aliphatic rings. The van der Waals surface area contributed by atoms with Crippen LogP contribution in [0.4, 0.5) is 0 Å². The number of hydrogen-bond donors (Lipinski definition) is 0. The van der Waals surface area contributed by atoms with Crippen LogP contribution in [-0.4, -0.2) is 6.61 Å². The summed E-state index contributed by atoms with van der Waals surface area (Å²) >= 11 is 0. The van der Waals surface area contributed by atoms with Gasteiger partial charge in [0.25, 0.3) is 0 Å². The van der Waals surface area contributed by atoms with Gasteiger partial charge in [-0.15, -0.1) is 0 Å². The minimum absolute atomic E-state index is 0.182. The van der Waals surface area contributed by atoms with E-state index in [1.54, 1.807) is 0 Å². The first-order chi connectivity index (χ1) is 6.45. The van der Waals surface area contributed by atoms with Crippen LogP contribution in [0.2, 0.25) is 0 Å². The summed E-state index contributed by atoms with van der Waals surface area (Å²) in [6.07, 6.45) is 0. The van der Waals surface area contributed by atoms with E-state index in [2.05, 4.69) is 45.9 Å². The van der Waals surface area contributed by atoms with Gasteiger partial charge in [-0.2, -0.15) is 0 Å². The molecule has 0 unspecified atom stereocenters. The molecule has 76 valence electrons. The van der Waals surface area contributed by atoms with Gasteiger partial charge in [0.1, 0.15) is 5.75 Å². The highest BCUT2D eigenvalue weighted by atomic mass is 16.5. The summed E-state index contributed by atoms with van der Waals surface area (Å²) in [7, 11) is 0. The Labute approximate surface area is 86.1 Å². The topological polar surface area (TPSA) is 9.23 Å². The van der Waals surface area contributed by atoms with Crippen molar-refractivity contribution in [3.05, 3.63) is 29.8 Å². The van der Waals surface area contributed by atoms with Crippen molar-refractivity contribution in [2.24, 2.45) is 5.41 Å². The summed E-state index contributed by atoms with van der Waals surface area (Å²) < 4.78 is 5.77. The molecule has 1 nitrogen and oxygen atoms in total. The molecule has 0 bridgehead atoms. The van der Waals surface area contributed by atoms with E-state index in [0.717, 1.165) is 12.4 Å². The Morgan fingerprint density at radius 3 is 2.43 bits per heavy atom. The van der Waals surface area contributed by atoms with Gasteiger partial charge >= 0.3 is 0 Å². The molecule has 14 heavy (non-hydrogen) atoms. The maximum Gasteiger partial charge on any atom is 0.123 e. The van der Waals surface area contributed by atoms with Crippen LogP contribution in [0, 0.1) is 5.41 Å². The van der Waals surface area contributed by atoms with Gasteiger partial charge in [0, 0.05) is 16.4 Å². The highest BCUT2D eigenvalue weighted by Crippen LogP contribution is 2.48. The van der Waals surface area contributed by atoms with E-state index in [1.165, 1.54) is 5.56 Å². The molecule has 1 aromatic carbocycles. The molecule has 0 saturated heterocycles. The average Bonchev–Trinajstić information content (AvgIpc) is 2.13. The second kappa shape index (κ2) is 2.75. The fourth-order valence-corrected chi connectivity index (χ4v) is 1.91. The first-order valence-corrected chi connectivity index (χ1v) is 5.17. The minimum atomic E-state index is 0.182. The summed E-state index contributed by atoms with van der Waals surface area (Å²) in [5, 5.41) is 0. The third-order valence-electron chi connectivity index (χ3n) is 3.84. The number of rotatable bonds is 0. The van der Waals surface area contributed by atoms with E-state index < -0.39 is 0 Å². The molecular formula is C13H18O. The molecule has 0 aromatic heterocycles. The van der Waals surface area contributed by atoms with Crippen molar-refractivity contribution in [2.45, 2.75) is 33.1 Å². The second-order valence-corrected chi connectivity index (χ2v) is 5.29. The highest BCUT2D eigenvalue weighted by Gasteiger charge is 2.43. The molecule has 1 heterocycles. The Kier molecular flexibility index (Phi) is 1.88. The lowest BCUT2D eigenvalue weighted by atomic mass is 9.63. The zero-order valence-corrected chi connectivity index (χ0v) is 9.42. The molecule has 0 atom stereocenters. The predicted octanol–water partition coefficient (Wildman–Crippen LogP) is 3.38. The van der Waals surface area contributed by atoms with Crippen molar-refractivity contribution in [2.75, 3.05) is 6.61 Å². The maximum absolute atomic E-state index is 5.77. The third-order valence-corrected chi connectivity index (χ3v) is 3.84. The Balaban J connectivity index is 2.57. The minimum Gasteiger partial charge on any atom is -0.493 e. The lowest BCUT2D eigenvalue weighted by Gasteiger charge is -2.46. The Bertz CT molecular complexity index is 350. The molecule has 0 spiro atoms. The average molecular weight is 190 g/mol. The molecule has 0 amide bonds. The molecule has 1 heteroatoms. The molecule has 0 saturated carbocycles. The predicted molar refractivity (Wildman–Crippen MR) is 58.7 cm³/mol. The summed E-state index contributed by atoms with van der Waals surface area (Å²) in [6, 6.07) is 8.36. The van der Waals surface area contributed by atoms with E-state index in [9.17, 15) is 0 Å². The summed E-state index contributed by atoms with van der Waals surface area (Å²) in [4.78, 5) is 0. The van der Waals surface area contributed by atoms with Crippen molar-refractivity contribution < 1.29 is 4.74 Å². The van der Waals surface area contributed by atoms with E-state index in [0.29, 0.717) is 0 Å². The first kappa shape index (κ1) is 9.57. The van der Waals surface area contributed by atoms with Crippen LogP contribution in [0.1, 0.15) is 33.3 Å². The summed E-state index contributed by atoms with van der Waals surface area (Å²) in [5.74, 6) is 1.05. The molecule has 0 fully saturated rings. The molecule has 2 rings (SSSR count). The quantitative estimate of drug-likeness (QED) is 0.609. The molecular weight excluding hydrogens is 172 g/mol. The van der Waals surface area contributed by atoms with Crippen LogP contribution < -0.4 is 4.74 Å². The number of hydrogen-bond acceptors (Lipinski definition) is 1. The summed E-state index contributed by atoms with van der Waals surface area (Å²) in [5.41, 5.74) is 1.71. The summed E-state index contributed by atoms with van der Waals surface area (Å²) in [6.45, 7) is 9.94. The monoisotopic (exact) mass is 190 g/mol. The van der Waals surface area contributed by atoms with Gasteiger partial charge in [-0.05, 0) is 6.07 Å². The van der Waals surface area contributed by atoms with Gasteiger partial charge in [-0.3, -0.25) is 0 Å². The number of ether oxygens (including phenoxy) is 1. The first-order valence-electron chi connectivity index (χ1n) is 5.17. The number of para-hydroxylation sites is 1.